The van der Waals surface area contributed by atoms with Crippen molar-refractivity contribution in [2.75, 3.05) is 13.2 Å². The van der Waals surface area contributed by atoms with E-state index in [4.69, 9.17) is 15.2 Å². The van der Waals surface area contributed by atoms with Gasteiger partial charge in [0.1, 0.15) is 0 Å². The molecule has 0 heterocycles. The molecule has 2 aromatic rings. The zero-order chi connectivity index (χ0) is 17.4. The highest BCUT2D eigenvalue weighted by atomic mass is 79.9. The molecule has 0 aromatic heterocycles. The molecule has 1 amide bonds. The molecule has 2 rings (SSSR count). The van der Waals surface area contributed by atoms with Crippen molar-refractivity contribution >= 4 is 34.2 Å². The number of ether oxygens (including phenoxy) is 2. The van der Waals surface area contributed by atoms with Crippen molar-refractivity contribution in [3.8, 4) is 11.5 Å². The fraction of sp³-hybridized carbons (Fsp3) is 0.278. The minimum absolute atomic E-state index is 0. The highest BCUT2D eigenvalue weighted by Gasteiger charge is 2.13. The summed E-state index contributed by atoms with van der Waals surface area (Å²) in [5.41, 5.74) is 7.41. The van der Waals surface area contributed by atoms with Gasteiger partial charge >= 0.3 is 0 Å². The lowest BCUT2D eigenvalue weighted by Crippen LogP contribution is -2.20. The van der Waals surface area contributed by atoms with Crippen LogP contribution in [0.4, 0.5) is 0 Å². The zero-order valence-corrected chi connectivity index (χ0v) is 16.4. The predicted molar refractivity (Wildman–Crippen MR) is 104 cm³/mol. The van der Waals surface area contributed by atoms with E-state index in [9.17, 15) is 4.79 Å². The van der Waals surface area contributed by atoms with Crippen LogP contribution in [0.3, 0.4) is 0 Å². The summed E-state index contributed by atoms with van der Waals surface area (Å²) in [6.07, 6.45) is 0. The Balaban J connectivity index is 0.00000312. The van der Waals surface area contributed by atoms with Crippen LogP contribution in [0.2, 0.25) is 0 Å². The Bertz CT molecular complexity index is 684. The maximum absolute atomic E-state index is 10.9. The van der Waals surface area contributed by atoms with E-state index in [0.717, 1.165) is 16.6 Å². The molecule has 0 saturated carbocycles. The first-order valence-corrected chi connectivity index (χ1v) is 8.50. The van der Waals surface area contributed by atoms with Crippen molar-refractivity contribution in [2.24, 2.45) is 5.73 Å². The van der Waals surface area contributed by atoms with Crippen LogP contribution in [0, 0.1) is 0 Å². The van der Waals surface area contributed by atoms with E-state index in [2.05, 4.69) is 33.4 Å². The van der Waals surface area contributed by atoms with E-state index >= 15 is 0 Å². The number of benzene rings is 2. The Morgan fingerprint density at radius 1 is 1.12 bits per heavy atom. The van der Waals surface area contributed by atoms with E-state index in [1.165, 1.54) is 5.56 Å². The molecule has 2 aromatic carbocycles. The zero-order valence-electron chi connectivity index (χ0n) is 14.0. The van der Waals surface area contributed by atoms with Gasteiger partial charge in [-0.2, -0.15) is 0 Å². The van der Waals surface area contributed by atoms with Crippen molar-refractivity contribution in [1.82, 2.24) is 5.32 Å². The molecule has 0 aliphatic heterocycles. The molecule has 136 valence electrons. The average Bonchev–Trinajstić information content (AvgIpc) is 2.55. The van der Waals surface area contributed by atoms with Crippen LogP contribution in [-0.2, 0) is 17.9 Å². The summed E-state index contributed by atoms with van der Waals surface area (Å²) >= 11 is 3.47. The number of primary amides is 1. The maximum Gasteiger partial charge on any atom is 0.255 e. The summed E-state index contributed by atoms with van der Waals surface area (Å²) < 4.78 is 11.8. The number of nitrogens with one attached hydrogen (secondary N) is 1. The highest BCUT2D eigenvalue weighted by Crippen LogP contribution is 2.37. The standard InChI is InChI=1S/C18H21BrN2O3.ClH/c1-2-23-16-9-14(8-15(19)18(16)24-12-17(20)22)11-21-10-13-6-4-3-5-7-13;/h3-9,21H,2,10-12H2,1H3,(H2,20,22);1H. The summed E-state index contributed by atoms with van der Waals surface area (Å²) in [6, 6.07) is 14.0. The monoisotopic (exact) mass is 428 g/mol. The molecular weight excluding hydrogens is 408 g/mol. The second kappa shape index (κ2) is 11.0. The quantitative estimate of drug-likeness (QED) is 0.640. The summed E-state index contributed by atoms with van der Waals surface area (Å²) in [7, 11) is 0. The van der Waals surface area contributed by atoms with E-state index in [1.807, 2.05) is 37.3 Å². The molecule has 25 heavy (non-hydrogen) atoms. The van der Waals surface area contributed by atoms with Gasteiger partial charge in [0.2, 0.25) is 0 Å². The van der Waals surface area contributed by atoms with Crippen LogP contribution in [0.5, 0.6) is 11.5 Å². The Labute approximate surface area is 162 Å². The van der Waals surface area contributed by atoms with Crippen LogP contribution >= 0.6 is 28.3 Å². The highest BCUT2D eigenvalue weighted by molar-refractivity contribution is 9.10. The molecular formula is C18H22BrClN2O3. The smallest absolute Gasteiger partial charge is 0.255 e. The van der Waals surface area contributed by atoms with Gasteiger partial charge in [-0.15, -0.1) is 12.4 Å². The minimum atomic E-state index is -0.530. The third-order valence-corrected chi connectivity index (χ3v) is 3.82. The van der Waals surface area contributed by atoms with E-state index < -0.39 is 5.91 Å². The molecule has 0 bridgehead atoms. The topological polar surface area (TPSA) is 73.6 Å². The van der Waals surface area contributed by atoms with Gasteiger partial charge in [-0.05, 0) is 46.1 Å². The third-order valence-electron chi connectivity index (χ3n) is 3.23. The molecule has 3 N–H and O–H groups in total. The molecule has 5 nitrogen and oxygen atoms in total. The van der Waals surface area contributed by atoms with Crippen molar-refractivity contribution in [3.05, 3.63) is 58.1 Å². The predicted octanol–water partition coefficient (Wildman–Crippen LogP) is 3.42. The largest absolute Gasteiger partial charge is 0.490 e. The van der Waals surface area contributed by atoms with Crippen molar-refractivity contribution in [3.63, 3.8) is 0 Å². The van der Waals surface area contributed by atoms with Gasteiger partial charge in [0, 0.05) is 13.1 Å². The summed E-state index contributed by atoms with van der Waals surface area (Å²) in [5.74, 6) is 0.546. The normalized spacial score (nSPS) is 10.0. The van der Waals surface area contributed by atoms with Gasteiger partial charge in [-0.25, -0.2) is 0 Å². The third kappa shape index (κ3) is 6.94. The number of nitrogens with two attached hydrogens (primary N) is 1. The van der Waals surface area contributed by atoms with Crippen molar-refractivity contribution in [1.29, 1.82) is 0 Å². The number of carbonyl (C=O) groups excluding carboxylic acids is 1. The number of rotatable bonds is 9. The van der Waals surface area contributed by atoms with E-state index in [0.29, 0.717) is 24.7 Å². The molecule has 0 radical (unpaired) electrons. The number of hydrogen-bond acceptors (Lipinski definition) is 4. The summed E-state index contributed by atoms with van der Waals surface area (Å²) in [6.45, 7) is 3.67. The molecule has 0 spiro atoms. The first-order chi connectivity index (χ1) is 11.6. The molecule has 0 saturated heterocycles. The van der Waals surface area contributed by atoms with Gasteiger partial charge in [0.15, 0.2) is 18.1 Å². The first-order valence-electron chi connectivity index (χ1n) is 7.71. The molecule has 0 atom stereocenters. The van der Waals surface area contributed by atoms with Gasteiger partial charge < -0.3 is 20.5 Å². The van der Waals surface area contributed by atoms with Gasteiger partial charge in [-0.1, -0.05) is 30.3 Å². The fourth-order valence-electron chi connectivity index (χ4n) is 2.22. The lowest BCUT2D eigenvalue weighted by atomic mass is 10.2. The Morgan fingerprint density at radius 2 is 1.80 bits per heavy atom. The molecule has 0 unspecified atom stereocenters. The van der Waals surface area contributed by atoms with Crippen LogP contribution in [0.25, 0.3) is 0 Å². The van der Waals surface area contributed by atoms with Crippen molar-refractivity contribution in [2.45, 2.75) is 20.0 Å². The van der Waals surface area contributed by atoms with Crippen LogP contribution < -0.4 is 20.5 Å². The second-order valence-electron chi connectivity index (χ2n) is 5.18. The summed E-state index contributed by atoms with van der Waals surface area (Å²) in [5, 5.41) is 3.39. The molecule has 0 fully saturated rings. The van der Waals surface area contributed by atoms with Crippen LogP contribution in [-0.4, -0.2) is 19.1 Å². The van der Waals surface area contributed by atoms with E-state index in [1.54, 1.807) is 0 Å². The Kier molecular flexibility index (Phi) is 9.34. The van der Waals surface area contributed by atoms with Gasteiger partial charge in [0.05, 0.1) is 11.1 Å². The fourth-order valence-corrected chi connectivity index (χ4v) is 2.82. The van der Waals surface area contributed by atoms with E-state index in [-0.39, 0.29) is 19.0 Å². The number of amides is 1. The van der Waals surface area contributed by atoms with Gasteiger partial charge in [-0.3, -0.25) is 4.79 Å². The van der Waals surface area contributed by atoms with Crippen molar-refractivity contribution < 1.29 is 14.3 Å². The number of hydrogen-bond donors (Lipinski definition) is 2. The SMILES string of the molecule is CCOc1cc(CNCc2ccccc2)cc(Br)c1OCC(N)=O.Cl. The summed E-state index contributed by atoms with van der Waals surface area (Å²) in [4.78, 5) is 10.9. The maximum atomic E-state index is 10.9. The van der Waals surface area contributed by atoms with Crippen LogP contribution in [0.1, 0.15) is 18.1 Å². The van der Waals surface area contributed by atoms with Crippen LogP contribution in [0.15, 0.2) is 46.9 Å². The molecule has 0 aliphatic carbocycles. The Morgan fingerprint density at radius 3 is 2.44 bits per heavy atom. The van der Waals surface area contributed by atoms with Gasteiger partial charge in [0.25, 0.3) is 5.91 Å². The average molecular weight is 430 g/mol. The lowest BCUT2D eigenvalue weighted by molar-refractivity contribution is -0.119. The minimum Gasteiger partial charge on any atom is -0.490 e. The lowest BCUT2D eigenvalue weighted by Gasteiger charge is -2.15. The molecule has 7 heteroatoms. The second-order valence-corrected chi connectivity index (χ2v) is 6.04. The number of carbonyl (C=O) groups is 1. The number of halogens is 2. The Hall–Kier alpha value is -1.76. The molecule has 0 aliphatic rings. The first kappa shape index (κ1) is 21.3.